The molecule has 1 amide bonds. The number of hydrogen-bond acceptors (Lipinski definition) is 3. The number of anilines is 2. The molecule has 1 N–H and O–H groups in total. The highest BCUT2D eigenvalue weighted by Gasteiger charge is 2.16. The third-order valence-corrected chi connectivity index (χ3v) is 3.97. The molecule has 0 atom stereocenters. The van der Waals surface area contributed by atoms with Crippen LogP contribution in [0, 0.1) is 6.92 Å². The first-order chi connectivity index (χ1) is 11.7. The van der Waals surface area contributed by atoms with Crippen molar-refractivity contribution in [2.24, 2.45) is 0 Å². The van der Waals surface area contributed by atoms with Crippen LogP contribution >= 0.6 is 0 Å². The van der Waals surface area contributed by atoms with Gasteiger partial charge >= 0.3 is 0 Å². The molecule has 1 aromatic heterocycles. The zero-order chi connectivity index (χ0) is 17.4. The Kier molecular flexibility index (Phi) is 6.79. The van der Waals surface area contributed by atoms with Crippen molar-refractivity contribution in [3.63, 3.8) is 0 Å². The van der Waals surface area contributed by atoms with Crippen molar-refractivity contribution in [1.29, 1.82) is 0 Å². The molecule has 128 valence electrons. The summed E-state index contributed by atoms with van der Waals surface area (Å²) in [5.41, 5.74) is 2.73. The van der Waals surface area contributed by atoms with Gasteiger partial charge in [-0.25, -0.2) is 4.98 Å². The number of pyridine rings is 1. The summed E-state index contributed by atoms with van der Waals surface area (Å²) < 4.78 is 0. The lowest BCUT2D eigenvalue weighted by Gasteiger charge is -2.21. The number of aromatic nitrogens is 1. The third-order valence-electron chi connectivity index (χ3n) is 3.97. The Bertz CT molecular complexity index is 669. The quantitative estimate of drug-likeness (QED) is 0.718. The van der Waals surface area contributed by atoms with Gasteiger partial charge in [0.2, 0.25) is 0 Å². The predicted octanol–water partition coefficient (Wildman–Crippen LogP) is 4.66. The van der Waals surface area contributed by atoms with Crippen molar-refractivity contribution in [2.75, 3.05) is 23.3 Å². The van der Waals surface area contributed by atoms with E-state index >= 15 is 0 Å². The summed E-state index contributed by atoms with van der Waals surface area (Å²) >= 11 is 0. The summed E-state index contributed by atoms with van der Waals surface area (Å²) in [6.07, 6.45) is 5.19. The van der Waals surface area contributed by atoms with Crippen LogP contribution in [-0.2, 0) is 0 Å². The molecule has 4 heteroatoms. The van der Waals surface area contributed by atoms with Gasteiger partial charge in [0.1, 0.15) is 5.82 Å². The highest BCUT2D eigenvalue weighted by Crippen LogP contribution is 2.19. The van der Waals surface area contributed by atoms with Crippen LogP contribution in [0.15, 0.2) is 42.6 Å². The molecule has 0 radical (unpaired) electrons. The maximum atomic E-state index is 12.9. The van der Waals surface area contributed by atoms with Crippen LogP contribution in [0.5, 0.6) is 0 Å². The second-order valence-corrected chi connectivity index (χ2v) is 5.95. The monoisotopic (exact) mass is 325 g/mol. The lowest BCUT2D eigenvalue weighted by Crippen LogP contribution is -2.30. The molecule has 2 aromatic rings. The molecule has 4 nitrogen and oxygen atoms in total. The number of carbonyl (C=O) groups excluding carboxylic acids is 1. The minimum absolute atomic E-state index is 0.00195. The Morgan fingerprint density at radius 2 is 2.00 bits per heavy atom. The SMILES string of the molecule is CCCCCNc1cc(C(=O)N(CC)c2cccc(C)c2)ccn1. The van der Waals surface area contributed by atoms with Gasteiger partial charge in [0.25, 0.3) is 5.91 Å². The first kappa shape index (κ1) is 18.0. The van der Waals surface area contributed by atoms with Crippen LogP contribution in [0.1, 0.15) is 49.0 Å². The lowest BCUT2D eigenvalue weighted by atomic mass is 10.1. The molecule has 0 saturated carbocycles. The highest BCUT2D eigenvalue weighted by atomic mass is 16.2. The summed E-state index contributed by atoms with van der Waals surface area (Å²) in [6.45, 7) is 7.72. The molecule has 0 saturated heterocycles. The number of amides is 1. The van der Waals surface area contributed by atoms with E-state index in [1.165, 1.54) is 12.8 Å². The van der Waals surface area contributed by atoms with E-state index in [2.05, 4.69) is 17.2 Å². The van der Waals surface area contributed by atoms with Gasteiger partial charge in [-0.3, -0.25) is 4.79 Å². The third kappa shape index (κ3) is 4.82. The molecule has 1 aromatic carbocycles. The zero-order valence-corrected chi connectivity index (χ0v) is 14.9. The van der Waals surface area contributed by atoms with Crippen LogP contribution in [0.25, 0.3) is 0 Å². The summed E-state index contributed by atoms with van der Waals surface area (Å²) in [7, 11) is 0. The number of aryl methyl sites for hydroxylation is 1. The van der Waals surface area contributed by atoms with E-state index in [1.54, 1.807) is 17.2 Å². The van der Waals surface area contributed by atoms with Crippen LogP contribution in [-0.4, -0.2) is 24.0 Å². The molecule has 0 aliphatic rings. The van der Waals surface area contributed by atoms with Crippen molar-refractivity contribution in [3.8, 4) is 0 Å². The van der Waals surface area contributed by atoms with Crippen molar-refractivity contribution < 1.29 is 4.79 Å². The number of unbranched alkanes of at least 4 members (excludes halogenated alkanes) is 2. The highest BCUT2D eigenvalue weighted by molar-refractivity contribution is 6.06. The molecule has 0 spiro atoms. The molecular weight excluding hydrogens is 298 g/mol. The molecule has 0 fully saturated rings. The van der Waals surface area contributed by atoms with E-state index in [4.69, 9.17) is 0 Å². The minimum Gasteiger partial charge on any atom is -0.370 e. The molecular formula is C20H27N3O. The molecule has 2 rings (SSSR count). The molecule has 1 heterocycles. The van der Waals surface area contributed by atoms with Crippen LogP contribution in [0.3, 0.4) is 0 Å². The standard InChI is InChI=1S/C20H27N3O/c1-4-6-7-12-21-19-15-17(11-13-22-19)20(24)23(5-2)18-10-8-9-16(3)14-18/h8-11,13-15H,4-7,12H2,1-3H3,(H,21,22). The number of nitrogens with one attached hydrogen (secondary N) is 1. The summed E-state index contributed by atoms with van der Waals surface area (Å²) in [5.74, 6) is 0.763. The van der Waals surface area contributed by atoms with Crippen LogP contribution < -0.4 is 10.2 Å². The minimum atomic E-state index is 0.00195. The lowest BCUT2D eigenvalue weighted by molar-refractivity contribution is 0.0988. The molecule has 0 aliphatic carbocycles. The first-order valence-corrected chi connectivity index (χ1v) is 8.74. The molecule has 24 heavy (non-hydrogen) atoms. The maximum Gasteiger partial charge on any atom is 0.258 e. The van der Waals surface area contributed by atoms with Gasteiger partial charge in [-0.2, -0.15) is 0 Å². The zero-order valence-electron chi connectivity index (χ0n) is 14.9. The Hall–Kier alpha value is -2.36. The number of hydrogen-bond donors (Lipinski definition) is 1. The smallest absolute Gasteiger partial charge is 0.258 e. The van der Waals surface area contributed by atoms with Crippen molar-refractivity contribution >= 4 is 17.4 Å². The number of nitrogens with zero attached hydrogens (tertiary/aromatic N) is 2. The number of rotatable bonds is 8. The topological polar surface area (TPSA) is 45.2 Å². The van der Waals surface area contributed by atoms with Crippen LogP contribution in [0.4, 0.5) is 11.5 Å². The van der Waals surface area contributed by atoms with E-state index in [0.717, 1.165) is 30.0 Å². The largest absolute Gasteiger partial charge is 0.370 e. The first-order valence-electron chi connectivity index (χ1n) is 8.74. The second kappa shape index (κ2) is 9.06. The van der Waals surface area contributed by atoms with Crippen molar-refractivity contribution in [2.45, 2.75) is 40.0 Å². The normalized spacial score (nSPS) is 10.5. The molecule has 0 unspecified atom stereocenters. The molecule has 0 bridgehead atoms. The average Bonchev–Trinajstić information content (AvgIpc) is 2.60. The maximum absolute atomic E-state index is 12.9. The average molecular weight is 325 g/mol. The van der Waals surface area contributed by atoms with Gasteiger partial charge < -0.3 is 10.2 Å². The Morgan fingerprint density at radius 1 is 1.17 bits per heavy atom. The van der Waals surface area contributed by atoms with Gasteiger partial charge in [0.15, 0.2) is 0 Å². The van der Waals surface area contributed by atoms with E-state index < -0.39 is 0 Å². The Labute approximate surface area is 144 Å². The Balaban J connectivity index is 2.12. The van der Waals surface area contributed by atoms with E-state index in [9.17, 15) is 4.79 Å². The fourth-order valence-electron chi connectivity index (χ4n) is 2.65. The summed E-state index contributed by atoms with van der Waals surface area (Å²) in [4.78, 5) is 19.0. The summed E-state index contributed by atoms with van der Waals surface area (Å²) in [5, 5.41) is 3.30. The van der Waals surface area contributed by atoms with Gasteiger partial charge in [-0.05, 0) is 50.1 Å². The second-order valence-electron chi connectivity index (χ2n) is 5.95. The van der Waals surface area contributed by atoms with Crippen molar-refractivity contribution in [3.05, 3.63) is 53.7 Å². The van der Waals surface area contributed by atoms with Gasteiger partial charge in [0.05, 0.1) is 0 Å². The number of carbonyl (C=O) groups is 1. The fourth-order valence-corrected chi connectivity index (χ4v) is 2.65. The van der Waals surface area contributed by atoms with E-state index in [-0.39, 0.29) is 5.91 Å². The fraction of sp³-hybridized carbons (Fsp3) is 0.400. The van der Waals surface area contributed by atoms with Gasteiger partial charge in [-0.15, -0.1) is 0 Å². The van der Waals surface area contributed by atoms with Crippen molar-refractivity contribution in [1.82, 2.24) is 4.98 Å². The number of benzene rings is 1. The predicted molar refractivity (Wildman–Crippen MR) is 101 cm³/mol. The molecule has 0 aliphatic heterocycles. The Morgan fingerprint density at radius 3 is 2.71 bits per heavy atom. The van der Waals surface area contributed by atoms with Crippen LogP contribution in [0.2, 0.25) is 0 Å². The van der Waals surface area contributed by atoms with E-state index in [1.807, 2.05) is 44.2 Å². The van der Waals surface area contributed by atoms with E-state index in [0.29, 0.717) is 12.1 Å². The summed E-state index contributed by atoms with van der Waals surface area (Å²) in [6, 6.07) is 11.6. The van der Waals surface area contributed by atoms with Gasteiger partial charge in [0, 0.05) is 30.5 Å². The van der Waals surface area contributed by atoms with Gasteiger partial charge in [-0.1, -0.05) is 31.9 Å².